The molecule has 0 spiro atoms. The fourth-order valence-corrected chi connectivity index (χ4v) is 3.79. The fraction of sp³-hybridized carbons (Fsp3) is 0.280. The average Bonchev–Trinajstić information content (AvgIpc) is 3.25. The summed E-state index contributed by atoms with van der Waals surface area (Å²) in [5.74, 6) is -1.53. The Hall–Kier alpha value is -4.01. The van der Waals surface area contributed by atoms with Gasteiger partial charge in [0.2, 0.25) is 5.91 Å². The first-order chi connectivity index (χ1) is 16.2. The van der Waals surface area contributed by atoms with Gasteiger partial charge in [0.05, 0.1) is 6.54 Å². The van der Waals surface area contributed by atoms with Crippen LogP contribution in [0.25, 0.3) is 0 Å². The van der Waals surface area contributed by atoms with Gasteiger partial charge in [-0.3, -0.25) is 19.1 Å². The first-order valence-electron chi connectivity index (χ1n) is 10.9. The Balaban J connectivity index is 1.46. The molecule has 1 aliphatic rings. The van der Waals surface area contributed by atoms with Crippen molar-refractivity contribution in [3.8, 4) is 0 Å². The van der Waals surface area contributed by atoms with Crippen LogP contribution >= 0.6 is 0 Å². The predicted molar refractivity (Wildman–Crippen MR) is 123 cm³/mol. The Morgan fingerprint density at radius 2 is 1.62 bits per heavy atom. The number of aryl methyl sites for hydroxylation is 1. The van der Waals surface area contributed by atoms with Crippen LogP contribution in [-0.2, 0) is 24.4 Å². The van der Waals surface area contributed by atoms with Crippen molar-refractivity contribution in [3.05, 3.63) is 88.5 Å². The van der Waals surface area contributed by atoms with E-state index in [1.807, 2.05) is 31.2 Å². The Kier molecular flexibility index (Phi) is 6.19. The van der Waals surface area contributed by atoms with Gasteiger partial charge < -0.3 is 15.5 Å². The van der Waals surface area contributed by atoms with Gasteiger partial charge in [0.25, 0.3) is 11.8 Å². The van der Waals surface area contributed by atoms with Crippen LogP contribution < -0.4 is 10.6 Å². The highest BCUT2D eigenvalue weighted by molar-refractivity contribution is 6.01. The van der Waals surface area contributed by atoms with E-state index in [2.05, 4.69) is 15.7 Å². The molecular weight excluding hydrogens is 437 g/mol. The zero-order chi connectivity index (χ0) is 24.5. The molecule has 0 aliphatic carbocycles. The second-order valence-electron chi connectivity index (χ2n) is 8.69. The van der Waals surface area contributed by atoms with Gasteiger partial charge in [-0.15, -0.1) is 0 Å². The van der Waals surface area contributed by atoms with Gasteiger partial charge in [-0.1, -0.05) is 42.0 Å². The molecule has 9 heteroatoms. The number of fused-ring (bicyclic) bond motifs is 1. The van der Waals surface area contributed by atoms with Gasteiger partial charge in [-0.25, -0.2) is 4.39 Å². The van der Waals surface area contributed by atoms with Gasteiger partial charge >= 0.3 is 0 Å². The summed E-state index contributed by atoms with van der Waals surface area (Å²) < 4.78 is 14.5. The minimum absolute atomic E-state index is 0.0724. The Morgan fingerprint density at radius 3 is 2.26 bits per heavy atom. The van der Waals surface area contributed by atoms with Crippen LogP contribution in [-0.4, -0.2) is 45.0 Å². The van der Waals surface area contributed by atoms with E-state index in [0.717, 1.165) is 16.7 Å². The third kappa shape index (κ3) is 4.54. The standard InChI is InChI=1S/C25H26FN5O3/c1-16-4-6-17(7-5-16)14-28-24(34)25(2)15-31-21(23(33)30(25)3)12-20(29-31)22(32)27-13-18-8-10-19(26)11-9-18/h4-12H,13-15H2,1-3H3,(H,27,32)(H,28,34)/t25-/m1/s1. The van der Waals surface area contributed by atoms with E-state index in [-0.39, 0.29) is 36.2 Å². The number of nitrogens with one attached hydrogen (secondary N) is 2. The molecule has 0 bridgehead atoms. The molecule has 1 aliphatic heterocycles. The van der Waals surface area contributed by atoms with Crippen molar-refractivity contribution in [1.29, 1.82) is 0 Å². The molecule has 2 heterocycles. The molecule has 2 aromatic carbocycles. The van der Waals surface area contributed by atoms with Gasteiger partial charge in [0.15, 0.2) is 5.69 Å². The largest absolute Gasteiger partial charge is 0.350 e. The van der Waals surface area contributed by atoms with E-state index in [1.54, 1.807) is 26.1 Å². The molecule has 3 amide bonds. The van der Waals surface area contributed by atoms with E-state index < -0.39 is 17.4 Å². The van der Waals surface area contributed by atoms with E-state index in [4.69, 9.17) is 0 Å². The average molecular weight is 464 g/mol. The van der Waals surface area contributed by atoms with E-state index >= 15 is 0 Å². The minimum Gasteiger partial charge on any atom is -0.350 e. The quantitative estimate of drug-likeness (QED) is 0.587. The zero-order valence-corrected chi connectivity index (χ0v) is 19.3. The number of benzene rings is 2. The second kappa shape index (κ2) is 9.09. The maximum absolute atomic E-state index is 13.1. The monoisotopic (exact) mass is 463 g/mol. The minimum atomic E-state index is -1.18. The summed E-state index contributed by atoms with van der Waals surface area (Å²) >= 11 is 0. The summed E-state index contributed by atoms with van der Waals surface area (Å²) in [5.41, 5.74) is 1.94. The van der Waals surface area contributed by atoms with Crippen molar-refractivity contribution in [2.45, 2.75) is 39.0 Å². The summed E-state index contributed by atoms with van der Waals surface area (Å²) in [7, 11) is 1.57. The maximum atomic E-state index is 13.1. The number of hydrogen-bond donors (Lipinski definition) is 2. The number of likely N-dealkylation sites (N-methyl/N-ethyl adjacent to an activating group) is 1. The van der Waals surface area contributed by atoms with Crippen LogP contribution in [0.15, 0.2) is 54.6 Å². The lowest BCUT2D eigenvalue weighted by molar-refractivity contribution is -0.132. The SMILES string of the molecule is Cc1ccc(CNC(=O)[C@@]2(C)Cn3nc(C(=O)NCc4ccc(F)cc4)cc3C(=O)N2C)cc1. The Labute approximate surface area is 196 Å². The van der Waals surface area contributed by atoms with Crippen LogP contribution in [0.5, 0.6) is 0 Å². The molecule has 1 atom stereocenters. The topological polar surface area (TPSA) is 96.3 Å². The van der Waals surface area contributed by atoms with Crippen LogP contribution in [0, 0.1) is 12.7 Å². The maximum Gasteiger partial charge on any atom is 0.272 e. The molecule has 2 N–H and O–H groups in total. The lowest BCUT2D eigenvalue weighted by atomic mass is 9.95. The molecule has 0 saturated heterocycles. The zero-order valence-electron chi connectivity index (χ0n) is 19.3. The predicted octanol–water partition coefficient (Wildman–Crippen LogP) is 2.42. The van der Waals surface area contributed by atoms with E-state index in [9.17, 15) is 18.8 Å². The molecule has 0 saturated carbocycles. The number of nitrogens with zero attached hydrogens (tertiary/aromatic N) is 3. The van der Waals surface area contributed by atoms with Crippen LogP contribution in [0.2, 0.25) is 0 Å². The summed E-state index contributed by atoms with van der Waals surface area (Å²) in [6.45, 7) is 4.29. The van der Waals surface area contributed by atoms with Crippen molar-refractivity contribution in [1.82, 2.24) is 25.3 Å². The van der Waals surface area contributed by atoms with E-state index in [1.165, 1.54) is 27.8 Å². The fourth-order valence-electron chi connectivity index (χ4n) is 3.79. The van der Waals surface area contributed by atoms with Gasteiger partial charge in [-0.2, -0.15) is 5.10 Å². The highest BCUT2D eigenvalue weighted by atomic mass is 19.1. The number of amides is 3. The normalized spacial score (nSPS) is 17.3. The third-order valence-corrected chi connectivity index (χ3v) is 6.16. The molecule has 3 aromatic rings. The molecule has 4 rings (SSSR count). The van der Waals surface area contributed by atoms with Crippen LogP contribution in [0.4, 0.5) is 4.39 Å². The van der Waals surface area contributed by atoms with Crippen LogP contribution in [0.1, 0.15) is 44.6 Å². The molecule has 8 nitrogen and oxygen atoms in total. The smallest absolute Gasteiger partial charge is 0.272 e. The molecular formula is C25H26FN5O3. The first kappa shape index (κ1) is 23.2. The summed E-state index contributed by atoms with van der Waals surface area (Å²) in [5, 5.41) is 9.90. The van der Waals surface area contributed by atoms with Gasteiger partial charge in [0, 0.05) is 26.2 Å². The van der Waals surface area contributed by atoms with E-state index in [0.29, 0.717) is 6.54 Å². The number of carbonyl (C=O) groups excluding carboxylic acids is 3. The lowest BCUT2D eigenvalue weighted by Gasteiger charge is -2.40. The lowest BCUT2D eigenvalue weighted by Crippen LogP contribution is -2.62. The molecule has 34 heavy (non-hydrogen) atoms. The molecule has 0 radical (unpaired) electrons. The number of halogens is 1. The second-order valence-corrected chi connectivity index (χ2v) is 8.69. The number of rotatable bonds is 6. The highest BCUT2D eigenvalue weighted by Gasteiger charge is 2.46. The summed E-state index contributed by atoms with van der Waals surface area (Å²) in [4.78, 5) is 40.1. The third-order valence-electron chi connectivity index (χ3n) is 6.16. The van der Waals surface area contributed by atoms with Crippen molar-refractivity contribution in [2.24, 2.45) is 0 Å². The molecule has 0 fully saturated rings. The number of aromatic nitrogens is 2. The van der Waals surface area contributed by atoms with Gasteiger partial charge in [0.1, 0.15) is 17.1 Å². The van der Waals surface area contributed by atoms with Crippen molar-refractivity contribution < 1.29 is 18.8 Å². The summed E-state index contributed by atoms with van der Waals surface area (Å²) in [6.07, 6.45) is 0. The van der Waals surface area contributed by atoms with Crippen molar-refractivity contribution in [3.63, 3.8) is 0 Å². The van der Waals surface area contributed by atoms with Crippen LogP contribution in [0.3, 0.4) is 0 Å². The Bertz CT molecular complexity index is 1240. The van der Waals surface area contributed by atoms with Gasteiger partial charge in [-0.05, 0) is 37.1 Å². The molecule has 0 unspecified atom stereocenters. The summed E-state index contributed by atoms with van der Waals surface area (Å²) in [6, 6.07) is 15.0. The molecule has 1 aromatic heterocycles. The first-order valence-corrected chi connectivity index (χ1v) is 10.9. The van der Waals surface area contributed by atoms with Crippen molar-refractivity contribution >= 4 is 17.7 Å². The Morgan fingerprint density at radius 1 is 1.03 bits per heavy atom. The van der Waals surface area contributed by atoms with Crippen molar-refractivity contribution in [2.75, 3.05) is 7.05 Å². The number of hydrogen-bond acceptors (Lipinski definition) is 4. The highest BCUT2D eigenvalue weighted by Crippen LogP contribution is 2.26. The molecule has 176 valence electrons. The number of carbonyl (C=O) groups is 3.